The van der Waals surface area contributed by atoms with Crippen LogP contribution in [0.4, 0.5) is 9.80 Å². The number of sulfonamides is 1. The van der Waals surface area contributed by atoms with Crippen LogP contribution in [-0.4, -0.2) is 69.2 Å². The van der Waals surface area contributed by atoms with E-state index in [0.717, 1.165) is 42.7 Å². The van der Waals surface area contributed by atoms with E-state index in [1.54, 1.807) is 0 Å². The first-order chi connectivity index (χ1) is 17.2. The molecule has 0 bridgehead atoms. The Balaban J connectivity index is 1.56. The summed E-state index contributed by atoms with van der Waals surface area (Å²) in [6, 6.07) is 5.22. The van der Waals surface area contributed by atoms with Crippen LogP contribution >= 0.6 is 11.3 Å². The zero-order valence-corrected chi connectivity index (χ0v) is 22.1. The molecule has 194 valence electrons. The van der Waals surface area contributed by atoms with Crippen molar-refractivity contribution in [2.45, 2.75) is 43.5 Å². The number of anilines is 1. The third kappa shape index (κ3) is 5.61. The number of thiophene rings is 1. The molecule has 2 aliphatic rings. The molecular formula is C24H31N5O5S2. The Morgan fingerprint density at radius 1 is 0.944 bits per heavy atom. The van der Waals surface area contributed by atoms with Crippen molar-refractivity contribution in [2.24, 2.45) is 0 Å². The number of fused-ring (bicyclic) bond motifs is 1. The molecule has 2 aliphatic heterocycles. The van der Waals surface area contributed by atoms with Crippen LogP contribution in [0.15, 0.2) is 29.2 Å². The average Bonchev–Trinajstić information content (AvgIpc) is 3.01. The monoisotopic (exact) mass is 533 g/mol. The number of carbonyl (C=O) groups excluding carboxylic acids is 3. The molecule has 0 radical (unpaired) electrons. The highest BCUT2D eigenvalue weighted by Crippen LogP contribution is 2.37. The molecule has 1 aromatic carbocycles. The third-order valence-corrected chi connectivity index (χ3v) is 9.52. The van der Waals surface area contributed by atoms with Crippen LogP contribution in [-0.2, 0) is 23.0 Å². The van der Waals surface area contributed by atoms with Gasteiger partial charge in [-0.3, -0.25) is 14.9 Å². The zero-order valence-electron chi connectivity index (χ0n) is 20.4. The van der Waals surface area contributed by atoms with E-state index in [1.807, 2.05) is 7.05 Å². The number of imide groups is 1. The normalized spacial score (nSPS) is 17.1. The number of amides is 4. The van der Waals surface area contributed by atoms with Crippen LogP contribution in [0.5, 0.6) is 0 Å². The topological polar surface area (TPSA) is 128 Å². The van der Waals surface area contributed by atoms with Gasteiger partial charge in [-0.25, -0.2) is 13.2 Å². The van der Waals surface area contributed by atoms with Gasteiger partial charge in [0.1, 0.15) is 5.00 Å². The third-order valence-electron chi connectivity index (χ3n) is 6.48. The van der Waals surface area contributed by atoms with Gasteiger partial charge < -0.3 is 15.5 Å². The van der Waals surface area contributed by atoms with Crippen LogP contribution in [0.1, 0.15) is 56.8 Å². The van der Waals surface area contributed by atoms with Crippen molar-refractivity contribution in [3.63, 3.8) is 0 Å². The Morgan fingerprint density at radius 2 is 1.61 bits per heavy atom. The lowest BCUT2D eigenvalue weighted by molar-refractivity contribution is 0.0964. The summed E-state index contributed by atoms with van der Waals surface area (Å²) in [6.07, 6.45) is 4.36. The van der Waals surface area contributed by atoms with Crippen LogP contribution < -0.4 is 16.0 Å². The van der Waals surface area contributed by atoms with Crippen molar-refractivity contribution in [1.29, 1.82) is 0 Å². The van der Waals surface area contributed by atoms with Gasteiger partial charge in [-0.1, -0.05) is 12.8 Å². The number of hydrogen-bond acceptors (Lipinski definition) is 7. The minimum atomic E-state index is -3.62. The molecule has 0 spiro atoms. The van der Waals surface area contributed by atoms with E-state index in [2.05, 4.69) is 20.9 Å². The molecular weight excluding hydrogens is 502 g/mol. The highest BCUT2D eigenvalue weighted by molar-refractivity contribution is 7.89. The fourth-order valence-corrected chi connectivity index (χ4v) is 7.31. The molecule has 4 amide bonds. The van der Waals surface area contributed by atoms with Gasteiger partial charge in [0.25, 0.3) is 11.8 Å². The van der Waals surface area contributed by atoms with Crippen molar-refractivity contribution >= 4 is 44.2 Å². The smallest absolute Gasteiger partial charge is 0.321 e. The van der Waals surface area contributed by atoms with E-state index in [9.17, 15) is 22.8 Å². The second-order valence-electron chi connectivity index (χ2n) is 9.03. The Hall–Kier alpha value is -2.80. The summed E-state index contributed by atoms with van der Waals surface area (Å²) in [6.45, 7) is 2.40. The van der Waals surface area contributed by atoms with E-state index in [-0.39, 0.29) is 10.5 Å². The minimum Gasteiger partial charge on any atom is -0.341 e. The van der Waals surface area contributed by atoms with E-state index < -0.39 is 27.9 Å². The molecule has 0 aliphatic carbocycles. The number of nitrogens with zero attached hydrogens (tertiary/aromatic N) is 2. The summed E-state index contributed by atoms with van der Waals surface area (Å²) in [5, 5.41) is 7.82. The summed E-state index contributed by atoms with van der Waals surface area (Å²) in [4.78, 5) is 40.9. The summed E-state index contributed by atoms with van der Waals surface area (Å²) in [5.41, 5.74) is 1.39. The second-order valence-corrected chi connectivity index (χ2v) is 12.1. The number of benzene rings is 1. The predicted octanol–water partition coefficient (Wildman–Crippen LogP) is 2.62. The summed E-state index contributed by atoms with van der Waals surface area (Å²) in [5.74, 6) is -1.04. The molecule has 0 saturated carbocycles. The Kier molecular flexibility index (Phi) is 8.08. The number of hydrogen-bond donors (Lipinski definition) is 3. The molecule has 2 aromatic rings. The molecule has 12 heteroatoms. The lowest BCUT2D eigenvalue weighted by Crippen LogP contribution is -2.38. The standard InChI is InChI=1S/C24H31N5O5S2/c1-25-24(32)27-22(31)20-18-11-14-28(2)15-19(18)35-23(20)26-21(30)16-7-9-17(10-8-16)36(33,34)29-12-5-3-4-6-13-29/h7-10H,3-6,11-15H2,1-2H3,(H,26,30)(H2,25,27,31,32). The molecule has 1 saturated heterocycles. The van der Waals surface area contributed by atoms with Gasteiger partial charge >= 0.3 is 6.03 Å². The van der Waals surface area contributed by atoms with Gasteiger partial charge in [0.2, 0.25) is 10.0 Å². The highest BCUT2D eigenvalue weighted by atomic mass is 32.2. The molecule has 0 atom stereocenters. The maximum absolute atomic E-state index is 13.1. The van der Waals surface area contributed by atoms with Gasteiger partial charge in [0, 0.05) is 43.7 Å². The van der Waals surface area contributed by atoms with Gasteiger partial charge in [0.05, 0.1) is 10.5 Å². The van der Waals surface area contributed by atoms with E-state index in [1.165, 1.54) is 47.0 Å². The molecule has 3 N–H and O–H groups in total. The van der Waals surface area contributed by atoms with Crippen molar-refractivity contribution in [2.75, 3.05) is 39.0 Å². The maximum Gasteiger partial charge on any atom is 0.321 e. The van der Waals surface area contributed by atoms with Crippen LogP contribution in [0.25, 0.3) is 0 Å². The van der Waals surface area contributed by atoms with E-state index >= 15 is 0 Å². The predicted molar refractivity (Wildman–Crippen MR) is 138 cm³/mol. The molecule has 10 nitrogen and oxygen atoms in total. The van der Waals surface area contributed by atoms with Crippen LogP contribution in [0.3, 0.4) is 0 Å². The summed E-state index contributed by atoms with van der Waals surface area (Å²) in [7, 11) is -0.223. The van der Waals surface area contributed by atoms with Crippen molar-refractivity contribution in [3.8, 4) is 0 Å². The Morgan fingerprint density at radius 3 is 2.25 bits per heavy atom. The van der Waals surface area contributed by atoms with E-state index in [4.69, 9.17) is 0 Å². The van der Waals surface area contributed by atoms with Crippen LogP contribution in [0.2, 0.25) is 0 Å². The number of urea groups is 1. The number of likely N-dealkylation sites (N-methyl/N-ethyl adjacent to an activating group) is 1. The van der Waals surface area contributed by atoms with Crippen molar-refractivity contribution in [3.05, 3.63) is 45.8 Å². The lowest BCUT2D eigenvalue weighted by atomic mass is 10.0. The minimum absolute atomic E-state index is 0.154. The molecule has 0 unspecified atom stereocenters. The summed E-state index contributed by atoms with van der Waals surface area (Å²) >= 11 is 1.31. The maximum atomic E-state index is 13.1. The van der Waals surface area contributed by atoms with E-state index in [0.29, 0.717) is 36.6 Å². The molecule has 3 heterocycles. The summed E-state index contributed by atoms with van der Waals surface area (Å²) < 4.78 is 27.6. The van der Waals surface area contributed by atoms with Gasteiger partial charge in [-0.15, -0.1) is 11.3 Å². The number of rotatable bonds is 5. The Labute approximate surface area is 215 Å². The largest absolute Gasteiger partial charge is 0.341 e. The quantitative estimate of drug-likeness (QED) is 0.542. The molecule has 1 fully saturated rings. The van der Waals surface area contributed by atoms with Crippen molar-refractivity contribution in [1.82, 2.24) is 19.8 Å². The lowest BCUT2D eigenvalue weighted by Gasteiger charge is -2.22. The number of carbonyl (C=O) groups is 3. The average molecular weight is 534 g/mol. The first-order valence-electron chi connectivity index (χ1n) is 12.0. The molecule has 1 aromatic heterocycles. The Bertz CT molecular complexity index is 1250. The van der Waals surface area contributed by atoms with Gasteiger partial charge in [-0.2, -0.15) is 4.31 Å². The zero-order chi connectivity index (χ0) is 25.9. The first kappa shape index (κ1) is 26.3. The second kappa shape index (κ2) is 11.1. The fourth-order valence-electron chi connectivity index (χ4n) is 4.47. The molecule has 36 heavy (non-hydrogen) atoms. The first-order valence-corrected chi connectivity index (χ1v) is 14.2. The fraction of sp³-hybridized carbons (Fsp3) is 0.458. The van der Waals surface area contributed by atoms with Gasteiger partial charge in [-0.05, 0) is 56.1 Å². The van der Waals surface area contributed by atoms with Crippen LogP contribution in [0, 0.1) is 0 Å². The van der Waals surface area contributed by atoms with Crippen molar-refractivity contribution < 1.29 is 22.8 Å². The highest BCUT2D eigenvalue weighted by Gasteiger charge is 2.29. The molecule has 4 rings (SSSR count). The van der Waals surface area contributed by atoms with Gasteiger partial charge in [0.15, 0.2) is 0 Å². The SMILES string of the molecule is CNC(=O)NC(=O)c1c(NC(=O)c2ccc(S(=O)(=O)N3CCCCCC3)cc2)sc2c1CCN(C)C2. The number of nitrogens with one attached hydrogen (secondary N) is 3.